The molecule has 2 nitrogen and oxygen atoms in total. The summed E-state index contributed by atoms with van der Waals surface area (Å²) in [5.41, 5.74) is 0. The van der Waals surface area contributed by atoms with E-state index in [2.05, 4.69) is 37.9 Å². The molecule has 0 heterocycles. The normalized spacial score (nSPS) is 10.1. The second-order valence-electron chi connectivity index (χ2n) is 1.34. The predicted molar refractivity (Wildman–Crippen MR) is 49.1 cm³/mol. The van der Waals surface area contributed by atoms with E-state index in [9.17, 15) is 4.79 Å². The minimum absolute atomic E-state index is 0. The molecule has 0 aromatic carbocycles. The first-order chi connectivity index (χ1) is 3.42. The number of carboxylic acid groups (broad SMARTS) is 1. The summed E-state index contributed by atoms with van der Waals surface area (Å²) >= 11 is 11.2. The van der Waals surface area contributed by atoms with Gasteiger partial charge in [-0.3, -0.25) is 4.79 Å². The van der Waals surface area contributed by atoms with Gasteiger partial charge in [0.2, 0.25) is 0 Å². The zero-order chi connectivity index (χ0) is 6.78. The van der Waals surface area contributed by atoms with Gasteiger partial charge in [0, 0.05) is 0 Å². The number of aliphatic carboxylic acids is 1. The molecule has 0 unspecified atom stereocenters. The van der Waals surface area contributed by atoms with Crippen LogP contribution in [0.1, 0.15) is 6.42 Å². The Kier molecular flexibility index (Phi) is 7.60. The maximum absolute atomic E-state index is 9.87. The van der Waals surface area contributed by atoms with Crippen LogP contribution in [0.15, 0.2) is 0 Å². The summed E-state index contributed by atoms with van der Waals surface area (Å²) in [4.78, 5) is 9.87. The van der Waals surface area contributed by atoms with Crippen LogP contribution >= 0.6 is 37.9 Å². The van der Waals surface area contributed by atoms with Crippen LogP contribution in [0.2, 0.25) is 0 Å². The maximum atomic E-state index is 9.87. The summed E-state index contributed by atoms with van der Waals surface area (Å²) in [6.07, 6.45) is -0.164. The van der Waals surface area contributed by atoms with Gasteiger partial charge in [-0.25, -0.2) is 0 Å². The number of carbonyl (C=O) groups is 1. The molecule has 0 amide bonds. The molecule has 0 bridgehead atoms. The molecule has 0 aliphatic heterocycles. The van der Waals surface area contributed by atoms with E-state index in [1.54, 1.807) is 0 Å². The van der Waals surface area contributed by atoms with Crippen molar-refractivity contribution in [2.45, 2.75) is 9.83 Å². The van der Waals surface area contributed by atoms with Crippen LogP contribution in [0, 0.1) is 0 Å². The molecular formula is C3H7NaO2S3. The molecule has 0 radical (unpaired) electrons. The fourth-order valence-corrected chi connectivity index (χ4v) is 0.609. The molecule has 0 aliphatic carbocycles. The predicted octanol–water partition coefficient (Wildman–Crippen LogP) is 0.256. The molecule has 0 saturated carbocycles. The molecule has 0 aromatic heterocycles. The third-order valence-corrected chi connectivity index (χ3v) is 0.863. The summed E-state index contributed by atoms with van der Waals surface area (Å²) in [6.45, 7) is 0. The molecule has 0 rings (SSSR count). The molecule has 0 aromatic rings. The third kappa shape index (κ3) is 12.7. The first-order valence-corrected chi connectivity index (χ1v) is 3.15. The Morgan fingerprint density at radius 3 is 1.78 bits per heavy atom. The van der Waals surface area contributed by atoms with Crippen molar-refractivity contribution in [2.24, 2.45) is 0 Å². The van der Waals surface area contributed by atoms with Crippen molar-refractivity contribution in [2.75, 3.05) is 0 Å². The summed E-state index contributed by atoms with van der Waals surface area (Å²) in [6, 6.07) is 0. The topological polar surface area (TPSA) is 37.3 Å². The Morgan fingerprint density at radius 2 is 1.78 bits per heavy atom. The molecule has 0 saturated heterocycles. The van der Waals surface area contributed by atoms with Crippen LogP contribution in [-0.2, 0) is 4.79 Å². The molecule has 9 heavy (non-hydrogen) atoms. The molecule has 0 aliphatic rings. The Bertz CT molecular complexity index is 99.7. The van der Waals surface area contributed by atoms with Crippen molar-refractivity contribution >= 4 is 73.4 Å². The molecule has 6 heteroatoms. The molecule has 0 atom stereocenters. The Balaban J connectivity index is 0. The Morgan fingerprint density at radius 1 is 1.44 bits per heavy atom. The van der Waals surface area contributed by atoms with Gasteiger partial charge in [-0.05, 0) is 0 Å². The van der Waals surface area contributed by atoms with Crippen LogP contribution in [0.25, 0.3) is 0 Å². The van der Waals surface area contributed by atoms with Crippen LogP contribution in [0.3, 0.4) is 0 Å². The molecular weight excluding hydrogens is 187 g/mol. The molecule has 50 valence electrons. The van der Waals surface area contributed by atoms with Crippen molar-refractivity contribution in [3.8, 4) is 0 Å². The number of hydrogen-bond donors (Lipinski definition) is 4. The number of carboxylic acids is 1. The zero-order valence-corrected chi connectivity index (χ0v) is 6.59. The zero-order valence-electron chi connectivity index (χ0n) is 3.90. The van der Waals surface area contributed by atoms with Crippen molar-refractivity contribution < 1.29 is 9.90 Å². The number of hydrogen-bond acceptors (Lipinski definition) is 4. The summed E-state index contributed by atoms with van der Waals surface area (Å²) < 4.78 is -0.994. The summed E-state index contributed by atoms with van der Waals surface area (Å²) in [7, 11) is 0. The van der Waals surface area contributed by atoms with Crippen LogP contribution in [0.4, 0.5) is 0 Å². The van der Waals surface area contributed by atoms with Crippen LogP contribution < -0.4 is 0 Å². The minimum atomic E-state index is -0.994. The van der Waals surface area contributed by atoms with E-state index in [-0.39, 0.29) is 36.0 Å². The van der Waals surface area contributed by atoms with E-state index in [4.69, 9.17) is 5.11 Å². The van der Waals surface area contributed by atoms with Gasteiger partial charge in [0.15, 0.2) is 0 Å². The van der Waals surface area contributed by atoms with Gasteiger partial charge in [-0.1, -0.05) is 0 Å². The summed E-state index contributed by atoms with van der Waals surface area (Å²) in [5.74, 6) is -0.954. The van der Waals surface area contributed by atoms with E-state index in [1.165, 1.54) is 0 Å². The van der Waals surface area contributed by atoms with Crippen LogP contribution in [-0.4, -0.2) is 44.0 Å². The van der Waals surface area contributed by atoms with Gasteiger partial charge in [-0.2, -0.15) is 37.9 Å². The van der Waals surface area contributed by atoms with Gasteiger partial charge < -0.3 is 5.11 Å². The van der Waals surface area contributed by atoms with Gasteiger partial charge in [0.1, 0.15) is 3.41 Å². The number of thiol groups is 3. The van der Waals surface area contributed by atoms with Gasteiger partial charge >= 0.3 is 35.5 Å². The van der Waals surface area contributed by atoms with Gasteiger partial charge in [-0.15, -0.1) is 0 Å². The average Bonchev–Trinajstić information content (AvgIpc) is 1.21. The van der Waals surface area contributed by atoms with Gasteiger partial charge in [0.05, 0.1) is 6.42 Å². The van der Waals surface area contributed by atoms with E-state index in [0.717, 1.165) is 0 Å². The third-order valence-electron chi connectivity index (χ3n) is 0.388. The summed E-state index contributed by atoms with van der Waals surface area (Å²) in [5, 5.41) is 8.10. The standard InChI is InChI=1S/C3H6O2S3.Na.H/c4-2(5)1-3(6,7)8;;/h6-8H,1H2,(H,4,5);;. The molecule has 0 fully saturated rings. The molecule has 0 spiro atoms. The first-order valence-electron chi connectivity index (χ1n) is 1.81. The van der Waals surface area contributed by atoms with Crippen molar-refractivity contribution in [1.29, 1.82) is 0 Å². The quantitative estimate of drug-likeness (QED) is 0.289. The van der Waals surface area contributed by atoms with Crippen molar-refractivity contribution in [3.05, 3.63) is 0 Å². The van der Waals surface area contributed by atoms with E-state index in [1.807, 2.05) is 0 Å². The van der Waals surface area contributed by atoms with Crippen molar-refractivity contribution in [3.63, 3.8) is 0 Å². The van der Waals surface area contributed by atoms with E-state index < -0.39 is 9.38 Å². The Labute approximate surface area is 92.3 Å². The number of rotatable bonds is 2. The van der Waals surface area contributed by atoms with Crippen molar-refractivity contribution in [1.82, 2.24) is 0 Å². The fourth-order valence-electron chi connectivity index (χ4n) is 0.203. The van der Waals surface area contributed by atoms with E-state index in [0.29, 0.717) is 0 Å². The Hall–Kier alpha value is 1.52. The van der Waals surface area contributed by atoms with Gasteiger partial charge in [0.25, 0.3) is 0 Å². The second kappa shape index (κ2) is 5.21. The molecule has 1 N–H and O–H groups in total. The fraction of sp³-hybridized carbons (Fsp3) is 0.667. The second-order valence-corrected chi connectivity index (χ2v) is 4.69. The SMILES string of the molecule is O=C(O)CC(S)(S)S.[NaH]. The van der Waals surface area contributed by atoms with Crippen LogP contribution in [0.5, 0.6) is 0 Å². The average molecular weight is 194 g/mol. The van der Waals surface area contributed by atoms with E-state index >= 15 is 0 Å². The first kappa shape index (κ1) is 13.1. The monoisotopic (exact) mass is 194 g/mol.